The highest BCUT2D eigenvalue weighted by Gasteiger charge is 2.41. The number of fused-ring (bicyclic) bond motifs is 1. The molecule has 0 aromatic heterocycles. The van der Waals surface area contributed by atoms with Crippen molar-refractivity contribution in [1.29, 1.82) is 0 Å². The minimum atomic E-state index is -3.90. The Hall–Kier alpha value is -3.20. The molecular weight excluding hydrogens is 483 g/mol. The summed E-state index contributed by atoms with van der Waals surface area (Å²) in [6, 6.07) is 10.3. The van der Waals surface area contributed by atoms with E-state index in [1.165, 1.54) is 11.6 Å². The topological polar surface area (TPSA) is 102 Å². The molecule has 9 heteroatoms. The van der Waals surface area contributed by atoms with Gasteiger partial charge in [0.15, 0.2) is 0 Å². The van der Waals surface area contributed by atoms with Crippen LogP contribution in [0.4, 0.5) is 4.39 Å². The zero-order valence-electron chi connectivity index (χ0n) is 20.7. The molecule has 2 aromatic carbocycles. The predicted molar refractivity (Wildman–Crippen MR) is 135 cm³/mol. The molecule has 0 radical (unpaired) electrons. The van der Waals surface area contributed by atoms with E-state index in [1.807, 2.05) is 29.8 Å². The molecule has 0 bridgehead atoms. The lowest BCUT2D eigenvalue weighted by atomic mass is 9.77. The molecule has 192 valence electrons. The highest BCUT2D eigenvalue weighted by Crippen LogP contribution is 2.41. The molecule has 0 saturated heterocycles. The van der Waals surface area contributed by atoms with Crippen LogP contribution in [0.3, 0.4) is 0 Å². The molecule has 0 fully saturated rings. The molecule has 2 aromatic rings. The van der Waals surface area contributed by atoms with Crippen LogP contribution < -0.4 is 14.8 Å². The van der Waals surface area contributed by atoms with Crippen LogP contribution in [-0.4, -0.2) is 33.1 Å². The molecule has 1 aliphatic heterocycles. The minimum Gasteiger partial charge on any atom is -0.493 e. The molecular formula is C27H31FN2O5S. The average molecular weight is 515 g/mol. The fourth-order valence-corrected chi connectivity index (χ4v) is 5.37. The van der Waals surface area contributed by atoms with E-state index >= 15 is 4.39 Å². The smallest absolute Gasteiger partial charge is 0.270 e. The maximum absolute atomic E-state index is 15.3. The zero-order valence-corrected chi connectivity index (χ0v) is 21.6. The standard InChI is InChI=1S/C27H31FN2O5S/c1-4-5-13-35-20-11-12-22(23(28)15-20)27(2)16-21(19-10-9-17-7-6-8-18(17)14-19)24(25(31)29-27)26(32)30-36(3,33)34/h9-12,14-15H,4-8,13,16H2,1-3H3,(H,29,31)(H,30,32)/t27-/m0/s1. The number of halogens is 1. The summed E-state index contributed by atoms with van der Waals surface area (Å²) in [6.07, 6.45) is 5.63. The van der Waals surface area contributed by atoms with Gasteiger partial charge in [-0.1, -0.05) is 37.6 Å². The van der Waals surface area contributed by atoms with Gasteiger partial charge in [0.2, 0.25) is 10.0 Å². The predicted octanol–water partition coefficient (Wildman–Crippen LogP) is 3.76. The first-order valence-electron chi connectivity index (χ1n) is 12.1. The van der Waals surface area contributed by atoms with Crippen LogP contribution in [0.25, 0.3) is 5.57 Å². The number of carbonyl (C=O) groups excluding carboxylic acids is 2. The second kappa shape index (κ2) is 10.0. The number of hydrogen-bond donors (Lipinski definition) is 2. The Morgan fingerprint density at radius 1 is 1.17 bits per heavy atom. The van der Waals surface area contributed by atoms with Gasteiger partial charge in [0.1, 0.15) is 17.1 Å². The molecule has 2 aliphatic rings. The third kappa shape index (κ3) is 5.46. The lowest BCUT2D eigenvalue weighted by Gasteiger charge is -2.37. The Balaban J connectivity index is 1.76. The first-order valence-corrected chi connectivity index (χ1v) is 14.0. The highest BCUT2D eigenvalue weighted by atomic mass is 32.2. The van der Waals surface area contributed by atoms with Crippen LogP contribution in [0.2, 0.25) is 0 Å². The van der Waals surface area contributed by atoms with Crippen molar-refractivity contribution >= 4 is 27.4 Å². The Kier molecular flexibility index (Phi) is 7.22. The second-order valence-electron chi connectivity index (χ2n) is 9.70. The van der Waals surface area contributed by atoms with Gasteiger partial charge in [-0.3, -0.25) is 9.59 Å². The maximum atomic E-state index is 15.3. The molecule has 4 rings (SSSR count). The van der Waals surface area contributed by atoms with Crippen molar-refractivity contribution in [3.8, 4) is 5.75 Å². The zero-order chi connectivity index (χ0) is 26.1. The van der Waals surface area contributed by atoms with Crippen LogP contribution in [0, 0.1) is 5.82 Å². The number of unbranched alkanes of at least 4 members (excludes halogenated alkanes) is 1. The largest absolute Gasteiger partial charge is 0.493 e. The first kappa shape index (κ1) is 25.9. The Morgan fingerprint density at radius 2 is 1.92 bits per heavy atom. The van der Waals surface area contributed by atoms with Crippen molar-refractivity contribution in [2.75, 3.05) is 12.9 Å². The van der Waals surface area contributed by atoms with Crippen LogP contribution in [-0.2, 0) is 38.0 Å². The number of hydrogen-bond acceptors (Lipinski definition) is 5. The van der Waals surface area contributed by atoms with E-state index in [2.05, 4.69) is 5.32 Å². The van der Waals surface area contributed by atoms with Crippen molar-refractivity contribution in [2.45, 2.75) is 57.9 Å². The molecule has 36 heavy (non-hydrogen) atoms. The van der Waals surface area contributed by atoms with Gasteiger partial charge in [0.05, 0.1) is 18.4 Å². The number of ether oxygens (including phenoxy) is 1. The van der Waals surface area contributed by atoms with Gasteiger partial charge in [-0.2, -0.15) is 0 Å². The van der Waals surface area contributed by atoms with Crippen molar-refractivity contribution in [3.05, 3.63) is 70.0 Å². The number of rotatable bonds is 8. The number of benzene rings is 2. The van der Waals surface area contributed by atoms with Gasteiger partial charge in [0, 0.05) is 18.1 Å². The van der Waals surface area contributed by atoms with E-state index in [1.54, 1.807) is 19.1 Å². The molecule has 7 nitrogen and oxygen atoms in total. The Morgan fingerprint density at radius 3 is 2.61 bits per heavy atom. The molecule has 0 unspecified atom stereocenters. The van der Waals surface area contributed by atoms with E-state index in [0.717, 1.165) is 43.9 Å². The normalized spacial score (nSPS) is 19.6. The van der Waals surface area contributed by atoms with Gasteiger partial charge in [-0.05, 0) is 60.9 Å². The maximum Gasteiger partial charge on any atom is 0.270 e. The van der Waals surface area contributed by atoms with Crippen LogP contribution in [0.5, 0.6) is 5.75 Å². The van der Waals surface area contributed by atoms with Gasteiger partial charge >= 0.3 is 0 Å². The minimum absolute atomic E-state index is 0.0942. The van der Waals surface area contributed by atoms with Crippen LogP contribution >= 0.6 is 0 Å². The van der Waals surface area contributed by atoms with Crippen molar-refractivity contribution < 1.29 is 27.1 Å². The highest BCUT2D eigenvalue weighted by molar-refractivity contribution is 7.89. The average Bonchev–Trinajstić information content (AvgIpc) is 3.25. The molecule has 1 heterocycles. The van der Waals surface area contributed by atoms with Crippen LogP contribution in [0.15, 0.2) is 42.0 Å². The SMILES string of the molecule is CCCCOc1ccc([C@]2(C)CC(c3ccc4c(c3)CCC4)=C(C(=O)NS(C)(=O)=O)C(=O)N2)c(F)c1. The summed E-state index contributed by atoms with van der Waals surface area (Å²) in [4.78, 5) is 26.2. The van der Waals surface area contributed by atoms with Crippen molar-refractivity contribution in [1.82, 2.24) is 10.0 Å². The van der Waals surface area contributed by atoms with Gasteiger partial charge < -0.3 is 10.1 Å². The third-order valence-corrected chi connectivity index (χ3v) is 7.26. The van der Waals surface area contributed by atoms with E-state index in [0.29, 0.717) is 23.5 Å². The fraction of sp³-hybridized carbons (Fsp3) is 0.407. The van der Waals surface area contributed by atoms with Gasteiger partial charge in [0.25, 0.3) is 11.8 Å². The molecule has 1 aliphatic carbocycles. The molecule has 0 spiro atoms. The number of amides is 2. The lowest BCUT2D eigenvalue weighted by Crippen LogP contribution is -2.51. The monoisotopic (exact) mass is 514 g/mol. The molecule has 2 amide bonds. The van der Waals surface area contributed by atoms with Gasteiger partial charge in [-0.25, -0.2) is 17.5 Å². The number of nitrogens with one attached hydrogen (secondary N) is 2. The molecule has 1 atom stereocenters. The number of aryl methyl sites for hydroxylation is 2. The lowest BCUT2D eigenvalue weighted by molar-refractivity contribution is -0.124. The Bertz CT molecular complexity index is 1350. The summed E-state index contributed by atoms with van der Waals surface area (Å²) in [7, 11) is -3.90. The first-order chi connectivity index (χ1) is 17.0. The Labute approximate surface area is 211 Å². The number of carbonyl (C=O) groups is 2. The summed E-state index contributed by atoms with van der Waals surface area (Å²) in [5.41, 5.74) is 2.17. The van der Waals surface area contributed by atoms with Crippen molar-refractivity contribution in [3.63, 3.8) is 0 Å². The summed E-state index contributed by atoms with van der Waals surface area (Å²) in [6.45, 7) is 4.21. The van der Waals surface area contributed by atoms with E-state index in [9.17, 15) is 18.0 Å². The third-order valence-electron chi connectivity index (χ3n) is 6.70. The fourth-order valence-electron chi connectivity index (χ4n) is 4.93. The molecule has 2 N–H and O–H groups in total. The number of sulfonamides is 1. The van der Waals surface area contributed by atoms with E-state index < -0.39 is 33.2 Å². The summed E-state index contributed by atoms with van der Waals surface area (Å²) in [5.74, 6) is -1.90. The summed E-state index contributed by atoms with van der Waals surface area (Å²) >= 11 is 0. The second-order valence-corrected chi connectivity index (χ2v) is 11.4. The van der Waals surface area contributed by atoms with E-state index in [-0.39, 0.29) is 17.6 Å². The molecule has 0 saturated carbocycles. The summed E-state index contributed by atoms with van der Waals surface area (Å²) in [5, 5.41) is 2.76. The van der Waals surface area contributed by atoms with Crippen LogP contribution in [0.1, 0.15) is 61.8 Å². The summed E-state index contributed by atoms with van der Waals surface area (Å²) < 4.78 is 46.3. The van der Waals surface area contributed by atoms with E-state index in [4.69, 9.17) is 4.74 Å². The van der Waals surface area contributed by atoms with Crippen molar-refractivity contribution in [2.24, 2.45) is 0 Å². The van der Waals surface area contributed by atoms with Gasteiger partial charge in [-0.15, -0.1) is 0 Å². The quantitative estimate of drug-likeness (QED) is 0.413.